The molecule has 0 spiro atoms. The van der Waals surface area contributed by atoms with Crippen LogP contribution >= 0.6 is 22.6 Å². The van der Waals surface area contributed by atoms with E-state index in [-0.39, 0.29) is 5.91 Å². The molecule has 0 bridgehead atoms. The van der Waals surface area contributed by atoms with E-state index >= 15 is 0 Å². The summed E-state index contributed by atoms with van der Waals surface area (Å²) in [6.07, 6.45) is 0. The molecule has 2 aromatic carbocycles. The molecule has 0 radical (unpaired) electrons. The lowest BCUT2D eigenvalue weighted by molar-refractivity contribution is 0.0950. The Bertz CT molecular complexity index is 567. The van der Waals surface area contributed by atoms with Gasteiger partial charge in [-0.05, 0) is 52.9 Å². The molecule has 0 aliphatic rings. The van der Waals surface area contributed by atoms with Gasteiger partial charge in [0.15, 0.2) is 0 Å². The minimum absolute atomic E-state index is 0.0812. The van der Waals surface area contributed by atoms with Crippen molar-refractivity contribution in [3.05, 3.63) is 63.2 Å². The number of amides is 1. The number of hydrogen-bond acceptors (Lipinski definition) is 2. The van der Waals surface area contributed by atoms with E-state index in [1.807, 2.05) is 48.5 Å². The van der Waals surface area contributed by atoms with Gasteiger partial charge in [-0.3, -0.25) is 4.79 Å². The number of halogens is 1. The third-order valence-corrected chi connectivity index (χ3v) is 3.46. The van der Waals surface area contributed by atoms with Gasteiger partial charge in [0.25, 0.3) is 5.91 Å². The fourth-order valence-corrected chi connectivity index (χ4v) is 2.09. The number of para-hydroxylation sites is 1. The summed E-state index contributed by atoms with van der Waals surface area (Å²) in [5, 5.41) is 2.89. The number of hydrogen-bond donors (Lipinski definition) is 1. The lowest BCUT2D eigenvalue weighted by Gasteiger charge is -2.09. The molecule has 0 aromatic heterocycles. The first-order valence-corrected chi connectivity index (χ1v) is 6.94. The van der Waals surface area contributed by atoms with Gasteiger partial charge in [-0.2, -0.15) is 0 Å². The number of rotatable bonds is 4. The molecule has 0 aliphatic heterocycles. The Balaban J connectivity index is 2.02. The van der Waals surface area contributed by atoms with E-state index in [4.69, 9.17) is 4.74 Å². The lowest BCUT2D eigenvalue weighted by Crippen LogP contribution is -2.22. The first-order chi connectivity index (χ1) is 9.20. The van der Waals surface area contributed by atoms with Crippen LogP contribution in [-0.4, -0.2) is 13.0 Å². The van der Waals surface area contributed by atoms with E-state index in [1.165, 1.54) is 0 Å². The van der Waals surface area contributed by atoms with Crippen molar-refractivity contribution in [3.63, 3.8) is 0 Å². The van der Waals surface area contributed by atoms with Crippen LogP contribution in [0.3, 0.4) is 0 Å². The second kappa shape index (κ2) is 6.56. The molecular formula is C15H14INO2. The molecular weight excluding hydrogens is 353 g/mol. The summed E-state index contributed by atoms with van der Waals surface area (Å²) in [4.78, 5) is 12.0. The smallest absolute Gasteiger partial charge is 0.251 e. The lowest BCUT2D eigenvalue weighted by atomic mass is 10.2. The van der Waals surface area contributed by atoms with Crippen LogP contribution in [-0.2, 0) is 6.54 Å². The second-order valence-corrected chi connectivity index (χ2v) is 5.25. The van der Waals surface area contributed by atoms with Gasteiger partial charge in [0.2, 0.25) is 0 Å². The Labute approximate surface area is 126 Å². The van der Waals surface area contributed by atoms with Crippen molar-refractivity contribution in [2.24, 2.45) is 0 Å². The first kappa shape index (κ1) is 13.9. The predicted octanol–water partition coefficient (Wildman–Crippen LogP) is 3.23. The number of nitrogens with one attached hydrogen (secondary N) is 1. The molecule has 98 valence electrons. The fraction of sp³-hybridized carbons (Fsp3) is 0.133. The van der Waals surface area contributed by atoms with Crippen molar-refractivity contribution in [1.29, 1.82) is 0 Å². The number of carbonyl (C=O) groups is 1. The normalized spacial score (nSPS) is 10.0. The Morgan fingerprint density at radius 1 is 1.16 bits per heavy atom. The van der Waals surface area contributed by atoms with Gasteiger partial charge in [0.05, 0.1) is 7.11 Å². The molecule has 2 rings (SSSR count). The Morgan fingerprint density at radius 2 is 1.84 bits per heavy atom. The maximum atomic E-state index is 12.0. The zero-order valence-corrected chi connectivity index (χ0v) is 12.7. The number of ether oxygens (including phenoxy) is 1. The number of benzene rings is 2. The molecule has 3 nitrogen and oxygen atoms in total. The average Bonchev–Trinajstić information content (AvgIpc) is 2.45. The first-order valence-electron chi connectivity index (χ1n) is 5.86. The summed E-state index contributed by atoms with van der Waals surface area (Å²) in [6.45, 7) is 0.453. The van der Waals surface area contributed by atoms with E-state index in [0.717, 1.165) is 14.9 Å². The zero-order chi connectivity index (χ0) is 13.7. The number of methoxy groups -OCH3 is 1. The highest BCUT2D eigenvalue weighted by atomic mass is 127. The van der Waals surface area contributed by atoms with Crippen molar-refractivity contribution < 1.29 is 9.53 Å². The summed E-state index contributed by atoms with van der Waals surface area (Å²) < 4.78 is 6.36. The molecule has 0 aliphatic carbocycles. The highest BCUT2D eigenvalue weighted by molar-refractivity contribution is 14.1. The van der Waals surface area contributed by atoms with Gasteiger partial charge in [-0.25, -0.2) is 0 Å². The SMILES string of the molecule is COc1ccccc1CNC(=O)c1ccc(I)cc1. The molecule has 1 N–H and O–H groups in total. The van der Waals surface area contributed by atoms with Crippen LogP contribution in [0, 0.1) is 3.57 Å². The minimum atomic E-state index is -0.0812. The molecule has 19 heavy (non-hydrogen) atoms. The van der Waals surface area contributed by atoms with Crippen LogP contribution in [0.15, 0.2) is 48.5 Å². The van der Waals surface area contributed by atoms with Crippen molar-refractivity contribution in [2.45, 2.75) is 6.54 Å². The topological polar surface area (TPSA) is 38.3 Å². The van der Waals surface area contributed by atoms with Crippen molar-refractivity contribution in [3.8, 4) is 5.75 Å². The Hall–Kier alpha value is -1.56. The van der Waals surface area contributed by atoms with E-state index in [2.05, 4.69) is 27.9 Å². The molecule has 0 saturated carbocycles. The minimum Gasteiger partial charge on any atom is -0.496 e. The molecule has 0 saturated heterocycles. The maximum absolute atomic E-state index is 12.0. The molecule has 0 fully saturated rings. The third kappa shape index (κ3) is 3.70. The summed E-state index contributed by atoms with van der Waals surface area (Å²) >= 11 is 2.21. The molecule has 0 atom stereocenters. The van der Waals surface area contributed by atoms with Crippen molar-refractivity contribution in [1.82, 2.24) is 5.32 Å². The van der Waals surface area contributed by atoms with Gasteiger partial charge < -0.3 is 10.1 Å². The van der Waals surface area contributed by atoms with Crippen molar-refractivity contribution >= 4 is 28.5 Å². The molecule has 0 unspecified atom stereocenters. The van der Waals surface area contributed by atoms with E-state index < -0.39 is 0 Å². The van der Waals surface area contributed by atoms with Crippen LogP contribution in [0.2, 0.25) is 0 Å². The maximum Gasteiger partial charge on any atom is 0.251 e. The molecule has 4 heteroatoms. The number of carbonyl (C=O) groups excluding carboxylic acids is 1. The van der Waals surface area contributed by atoms with E-state index in [0.29, 0.717) is 12.1 Å². The fourth-order valence-electron chi connectivity index (χ4n) is 1.73. The van der Waals surface area contributed by atoms with Gasteiger partial charge in [0, 0.05) is 21.2 Å². The second-order valence-electron chi connectivity index (χ2n) is 4.00. The van der Waals surface area contributed by atoms with Crippen LogP contribution in [0.4, 0.5) is 0 Å². The molecule has 0 heterocycles. The largest absolute Gasteiger partial charge is 0.496 e. The van der Waals surface area contributed by atoms with Gasteiger partial charge in [-0.1, -0.05) is 18.2 Å². The summed E-state index contributed by atoms with van der Waals surface area (Å²) in [5.41, 5.74) is 1.62. The monoisotopic (exact) mass is 367 g/mol. The van der Waals surface area contributed by atoms with Gasteiger partial charge in [0.1, 0.15) is 5.75 Å². The standard InChI is InChI=1S/C15H14INO2/c1-19-14-5-3-2-4-12(14)10-17-15(18)11-6-8-13(16)9-7-11/h2-9H,10H2,1H3,(H,17,18). The van der Waals surface area contributed by atoms with E-state index in [1.54, 1.807) is 7.11 Å². The van der Waals surface area contributed by atoms with Crippen LogP contribution in [0.25, 0.3) is 0 Å². The Kier molecular flexibility index (Phi) is 4.79. The zero-order valence-electron chi connectivity index (χ0n) is 10.5. The average molecular weight is 367 g/mol. The van der Waals surface area contributed by atoms with Gasteiger partial charge >= 0.3 is 0 Å². The van der Waals surface area contributed by atoms with Crippen LogP contribution < -0.4 is 10.1 Å². The van der Waals surface area contributed by atoms with Crippen molar-refractivity contribution in [2.75, 3.05) is 7.11 Å². The third-order valence-electron chi connectivity index (χ3n) is 2.74. The Morgan fingerprint density at radius 3 is 2.53 bits per heavy atom. The molecule has 1 amide bonds. The summed E-state index contributed by atoms with van der Waals surface area (Å²) in [7, 11) is 1.62. The quantitative estimate of drug-likeness (QED) is 0.843. The van der Waals surface area contributed by atoms with Gasteiger partial charge in [-0.15, -0.1) is 0 Å². The molecule has 2 aromatic rings. The van der Waals surface area contributed by atoms with Crippen LogP contribution in [0.1, 0.15) is 15.9 Å². The summed E-state index contributed by atoms with van der Waals surface area (Å²) in [6, 6.07) is 15.1. The van der Waals surface area contributed by atoms with Crippen LogP contribution in [0.5, 0.6) is 5.75 Å². The highest BCUT2D eigenvalue weighted by Crippen LogP contribution is 2.17. The highest BCUT2D eigenvalue weighted by Gasteiger charge is 2.07. The summed E-state index contributed by atoms with van der Waals surface area (Å²) in [5.74, 6) is 0.702. The predicted molar refractivity (Wildman–Crippen MR) is 83.3 cm³/mol. The van der Waals surface area contributed by atoms with E-state index in [9.17, 15) is 4.79 Å².